The van der Waals surface area contributed by atoms with Gasteiger partial charge < -0.3 is 4.57 Å². The summed E-state index contributed by atoms with van der Waals surface area (Å²) < 4.78 is 2.16. The lowest BCUT2D eigenvalue weighted by Crippen LogP contribution is -2.10. The van der Waals surface area contributed by atoms with E-state index < -0.39 is 0 Å². The van der Waals surface area contributed by atoms with Crippen LogP contribution in [-0.4, -0.2) is 9.55 Å². The Labute approximate surface area is 132 Å². The highest BCUT2D eigenvalue weighted by Gasteiger charge is 2.16. The highest BCUT2D eigenvalue weighted by atomic mass is 35.5. The zero-order valence-corrected chi connectivity index (χ0v) is 13.2. The van der Waals surface area contributed by atoms with Gasteiger partial charge in [0.15, 0.2) is 0 Å². The second kappa shape index (κ2) is 5.88. The minimum absolute atomic E-state index is 0.247. The van der Waals surface area contributed by atoms with Gasteiger partial charge in [-0.05, 0) is 36.6 Å². The van der Waals surface area contributed by atoms with Gasteiger partial charge in [-0.3, -0.25) is 0 Å². The minimum atomic E-state index is 0.247. The summed E-state index contributed by atoms with van der Waals surface area (Å²) >= 11 is 7.81. The monoisotopic (exact) mass is 315 g/mol. The number of thiophene rings is 1. The number of hydrogen-bond acceptors (Lipinski definition) is 3. The fourth-order valence-electron chi connectivity index (χ4n) is 2.61. The molecule has 0 aliphatic carbocycles. The number of halogens is 1. The van der Waals surface area contributed by atoms with Gasteiger partial charge in [0.1, 0.15) is 5.82 Å². The molecule has 0 spiro atoms. The molecule has 3 aromatic rings. The summed E-state index contributed by atoms with van der Waals surface area (Å²) in [6.07, 6.45) is 0.934. The number of nitrogens with zero attached hydrogens (tertiary/aromatic N) is 3. The number of aromatic nitrogens is 2. The molecular weight excluding hydrogens is 302 g/mol. The first-order valence-corrected chi connectivity index (χ1v) is 8.13. The third-order valence-electron chi connectivity index (χ3n) is 3.53. The minimum Gasteiger partial charge on any atom is -0.324 e. The van der Waals surface area contributed by atoms with Crippen molar-refractivity contribution in [2.45, 2.75) is 25.3 Å². The van der Waals surface area contributed by atoms with Crippen LogP contribution >= 0.6 is 22.9 Å². The quantitative estimate of drug-likeness (QED) is 0.665. The molecule has 0 fully saturated rings. The van der Waals surface area contributed by atoms with Crippen LogP contribution in [-0.2, 0) is 12.3 Å². The van der Waals surface area contributed by atoms with Gasteiger partial charge in [-0.25, -0.2) is 4.98 Å². The summed E-state index contributed by atoms with van der Waals surface area (Å²) in [5, 5.41) is 11.2. The van der Waals surface area contributed by atoms with Crippen molar-refractivity contribution >= 4 is 34.0 Å². The number of alkyl halides is 1. The van der Waals surface area contributed by atoms with Crippen molar-refractivity contribution in [2.75, 3.05) is 0 Å². The van der Waals surface area contributed by atoms with E-state index in [9.17, 15) is 0 Å². The molecule has 0 aliphatic heterocycles. The molecule has 2 aromatic heterocycles. The summed E-state index contributed by atoms with van der Waals surface area (Å²) in [6.45, 7) is 2.16. The molecular formula is C16H14ClN3S. The smallest absolute Gasteiger partial charge is 0.125 e. The molecule has 5 heteroatoms. The second-order valence-electron chi connectivity index (χ2n) is 4.98. The molecule has 0 saturated heterocycles. The van der Waals surface area contributed by atoms with Crippen LogP contribution in [0.3, 0.4) is 0 Å². The fraction of sp³-hybridized carbons (Fsp3) is 0.250. The maximum atomic E-state index is 9.09. The van der Waals surface area contributed by atoms with E-state index in [1.165, 1.54) is 4.88 Å². The lowest BCUT2D eigenvalue weighted by atomic mass is 10.1. The summed E-state index contributed by atoms with van der Waals surface area (Å²) in [7, 11) is 0. The third kappa shape index (κ3) is 2.67. The number of fused-ring (bicyclic) bond motifs is 1. The molecule has 3 nitrogen and oxygen atoms in total. The van der Waals surface area contributed by atoms with E-state index in [0.29, 0.717) is 11.4 Å². The lowest BCUT2D eigenvalue weighted by molar-refractivity contribution is 0.547. The Morgan fingerprint density at radius 2 is 2.29 bits per heavy atom. The Morgan fingerprint density at radius 1 is 1.43 bits per heavy atom. The first-order valence-electron chi connectivity index (χ1n) is 6.72. The van der Waals surface area contributed by atoms with E-state index in [2.05, 4.69) is 40.1 Å². The molecule has 21 heavy (non-hydrogen) atoms. The Morgan fingerprint density at radius 3 is 2.95 bits per heavy atom. The maximum Gasteiger partial charge on any atom is 0.125 e. The van der Waals surface area contributed by atoms with Gasteiger partial charge in [-0.1, -0.05) is 6.07 Å². The topological polar surface area (TPSA) is 41.6 Å². The van der Waals surface area contributed by atoms with E-state index in [1.807, 2.05) is 12.1 Å². The van der Waals surface area contributed by atoms with Crippen LogP contribution in [0.4, 0.5) is 0 Å². The number of nitriles is 1. The normalized spacial score (nSPS) is 12.4. The van der Waals surface area contributed by atoms with Crippen LogP contribution in [0.5, 0.6) is 0 Å². The molecule has 1 aromatic carbocycles. The maximum absolute atomic E-state index is 9.09. The molecule has 2 heterocycles. The van der Waals surface area contributed by atoms with Crippen LogP contribution in [0.15, 0.2) is 35.7 Å². The third-order valence-corrected chi connectivity index (χ3v) is 4.67. The highest BCUT2D eigenvalue weighted by Crippen LogP contribution is 2.26. The Bertz CT molecular complexity index is 799. The van der Waals surface area contributed by atoms with E-state index in [4.69, 9.17) is 16.9 Å². The Hall–Kier alpha value is -1.83. The van der Waals surface area contributed by atoms with Crippen molar-refractivity contribution in [3.05, 3.63) is 52.0 Å². The fourth-order valence-corrected chi connectivity index (χ4v) is 3.62. The Balaban J connectivity index is 2.08. The molecule has 106 valence electrons. The van der Waals surface area contributed by atoms with Crippen LogP contribution in [0.25, 0.3) is 11.0 Å². The largest absolute Gasteiger partial charge is 0.324 e. The molecule has 0 N–H and O–H groups in total. The molecule has 0 aliphatic rings. The van der Waals surface area contributed by atoms with Crippen molar-refractivity contribution < 1.29 is 0 Å². The SMILES string of the molecule is CC(Cc1cccs1)n1c(CCl)nc2ccc(C#N)cc21. The number of hydrogen-bond donors (Lipinski definition) is 0. The molecule has 3 rings (SSSR count). The van der Waals surface area contributed by atoms with Crippen molar-refractivity contribution in [3.8, 4) is 6.07 Å². The van der Waals surface area contributed by atoms with Gasteiger partial charge >= 0.3 is 0 Å². The van der Waals surface area contributed by atoms with Crippen molar-refractivity contribution in [1.82, 2.24) is 9.55 Å². The van der Waals surface area contributed by atoms with Crippen molar-refractivity contribution in [1.29, 1.82) is 5.26 Å². The first kappa shape index (κ1) is 14.1. The predicted octanol–water partition coefficient (Wildman–Crippen LogP) is 4.51. The van der Waals surface area contributed by atoms with Crippen LogP contribution in [0.1, 0.15) is 29.2 Å². The first-order chi connectivity index (χ1) is 10.2. The van der Waals surface area contributed by atoms with Gasteiger partial charge in [0.25, 0.3) is 0 Å². The van der Waals surface area contributed by atoms with Crippen molar-refractivity contribution in [3.63, 3.8) is 0 Å². The summed E-state index contributed by atoms with van der Waals surface area (Å²) in [6, 6.07) is 12.2. The average Bonchev–Trinajstić information content (AvgIpc) is 3.12. The van der Waals surface area contributed by atoms with Gasteiger partial charge in [0.2, 0.25) is 0 Å². The van der Waals surface area contributed by atoms with E-state index >= 15 is 0 Å². The van der Waals surface area contributed by atoms with Crippen LogP contribution in [0, 0.1) is 11.3 Å². The molecule has 0 saturated carbocycles. The second-order valence-corrected chi connectivity index (χ2v) is 6.28. The predicted molar refractivity (Wildman–Crippen MR) is 86.7 cm³/mol. The van der Waals surface area contributed by atoms with Crippen LogP contribution in [0.2, 0.25) is 0 Å². The molecule has 1 unspecified atom stereocenters. The average molecular weight is 316 g/mol. The summed E-state index contributed by atoms with van der Waals surface area (Å²) in [5.41, 5.74) is 2.52. The summed E-state index contributed by atoms with van der Waals surface area (Å²) in [5.74, 6) is 1.22. The van der Waals surface area contributed by atoms with Gasteiger partial charge in [0.05, 0.1) is 28.5 Å². The number of benzene rings is 1. The van der Waals surface area contributed by atoms with Crippen molar-refractivity contribution in [2.24, 2.45) is 0 Å². The van der Waals surface area contributed by atoms with Gasteiger partial charge in [0, 0.05) is 17.3 Å². The zero-order chi connectivity index (χ0) is 14.8. The lowest BCUT2D eigenvalue weighted by Gasteiger charge is -2.16. The number of rotatable bonds is 4. The van der Waals surface area contributed by atoms with Gasteiger partial charge in [-0.15, -0.1) is 22.9 Å². The van der Waals surface area contributed by atoms with E-state index in [0.717, 1.165) is 23.3 Å². The molecule has 0 radical (unpaired) electrons. The van der Waals surface area contributed by atoms with E-state index in [-0.39, 0.29) is 6.04 Å². The molecule has 1 atom stereocenters. The standard InChI is InChI=1S/C16H14ClN3S/c1-11(7-13-3-2-6-21-13)20-15-8-12(10-18)4-5-14(15)19-16(20)9-17/h2-6,8,11H,7,9H2,1H3. The molecule has 0 bridgehead atoms. The molecule has 0 amide bonds. The van der Waals surface area contributed by atoms with Gasteiger partial charge in [-0.2, -0.15) is 5.26 Å². The Kier molecular flexibility index (Phi) is 3.96. The number of imidazole rings is 1. The van der Waals surface area contributed by atoms with E-state index in [1.54, 1.807) is 17.4 Å². The van der Waals surface area contributed by atoms with Crippen LogP contribution < -0.4 is 0 Å². The zero-order valence-electron chi connectivity index (χ0n) is 11.6. The summed E-state index contributed by atoms with van der Waals surface area (Å²) in [4.78, 5) is 5.92. The highest BCUT2D eigenvalue weighted by molar-refractivity contribution is 7.09.